The highest BCUT2D eigenvalue weighted by Crippen LogP contribution is 2.33. The number of aromatic nitrogens is 1. The third-order valence-corrected chi connectivity index (χ3v) is 5.61. The Morgan fingerprint density at radius 3 is 2.41 bits per heavy atom. The van der Waals surface area contributed by atoms with Crippen molar-refractivity contribution in [3.63, 3.8) is 0 Å². The summed E-state index contributed by atoms with van der Waals surface area (Å²) in [6.07, 6.45) is 0. The Bertz CT molecular complexity index is 1160. The molecule has 0 saturated carbocycles. The summed E-state index contributed by atoms with van der Waals surface area (Å²) in [6.45, 7) is 3.46. The first kappa shape index (κ1) is 23.4. The highest BCUT2D eigenvalue weighted by Gasteiger charge is 2.22. The van der Waals surface area contributed by atoms with Crippen molar-refractivity contribution in [3.05, 3.63) is 71.9 Å². The lowest BCUT2D eigenvalue weighted by atomic mass is 9.95. The summed E-state index contributed by atoms with van der Waals surface area (Å²) in [7, 11) is 3.80. The second-order valence-corrected chi connectivity index (χ2v) is 8.44. The van der Waals surface area contributed by atoms with Crippen molar-refractivity contribution in [2.45, 2.75) is 0 Å². The average Bonchev–Trinajstić information content (AvgIpc) is 2.84. The molecule has 1 fully saturated rings. The number of likely N-dealkylation sites (N-methyl/N-ethyl adjacent to an activating group) is 1. The van der Waals surface area contributed by atoms with Gasteiger partial charge in [-0.2, -0.15) is 0 Å². The third kappa shape index (κ3) is 5.41. The number of nitrogens with one attached hydrogen (secondary N) is 2. The average molecular weight is 460 g/mol. The normalized spacial score (nSPS) is 13.7. The van der Waals surface area contributed by atoms with Crippen LogP contribution in [0.15, 0.2) is 60.7 Å². The molecule has 1 aromatic heterocycles. The molecule has 3 aromatic rings. The van der Waals surface area contributed by atoms with E-state index >= 15 is 0 Å². The fraction of sp³-hybridized carbons (Fsp3) is 0.269. The molecule has 8 heteroatoms. The Hall–Kier alpha value is -3.75. The molecule has 8 nitrogen and oxygen atoms in total. The molecule has 0 unspecified atom stereocenters. The number of benzene rings is 2. The van der Waals surface area contributed by atoms with Crippen molar-refractivity contribution in [2.75, 3.05) is 57.2 Å². The Kier molecular flexibility index (Phi) is 7.20. The van der Waals surface area contributed by atoms with Crippen molar-refractivity contribution in [1.82, 2.24) is 9.88 Å². The summed E-state index contributed by atoms with van der Waals surface area (Å²) >= 11 is 0. The van der Waals surface area contributed by atoms with E-state index in [9.17, 15) is 9.90 Å². The molecule has 1 saturated heterocycles. The largest absolute Gasteiger partial charge is 0.477 e. The first-order valence-electron chi connectivity index (χ1n) is 11.2. The van der Waals surface area contributed by atoms with E-state index in [1.807, 2.05) is 73.6 Å². The molecule has 3 N–H and O–H groups in total. The number of morpholine rings is 1. The highest BCUT2D eigenvalue weighted by molar-refractivity contribution is 6.10. The first-order valence-corrected chi connectivity index (χ1v) is 11.2. The topological polar surface area (TPSA) is 102 Å². The number of carbonyl (C=O) groups is 1. The maximum absolute atomic E-state index is 11.9. The van der Waals surface area contributed by atoms with Crippen LogP contribution >= 0.6 is 0 Å². The van der Waals surface area contributed by atoms with Gasteiger partial charge in [0.15, 0.2) is 5.69 Å². The molecule has 2 heterocycles. The molecular formula is C26H29N5O3. The van der Waals surface area contributed by atoms with Gasteiger partial charge >= 0.3 is 5.97 Å². The van der Waals surface area contributed by atoms with Gasteiger partial charge in [0.05, 0.1) is 18.9 Å². The molecule has 0 spiro atoms. The van der Waals surface area contributed by atoms with Gasteiger partial charge in [-0.3, -0.25) is 0 Å². The Morgan fingerprint density at radius 1 is 1.12 bits per heavy atom. The van der Waals surface area contributed by atoms with E-state index in [0.29, 0.717) is 42.4 Å². The number of ether oxygens (including phenoxy) is 1. The van der Waals surface area contributed by atoms with Crippen LogP contribution in [-0.2, 0) is 4.74 Å². The quantitative estimate of drug-likeness (QED) is 0.438. The van der Waals surface area contributed by atoms with Crippen LogP contribution in [0.3, 0.4) is 0 Å². The minimum atomic E-state index is -1.12. The van der Waals surface area contributed by atoms with Crippen LogP contribution in [-0.4, -0.2) is 73.6 Å². The number of hydrogen-bond acceptors (Lipinski definition) is 7. The number of anilines is 3. The van der Waals surface area contributed by atoms with Gasteiger partial charge in [0, 0.05) is 36.6 Å². The van der Waals surface area contributed by atoms with Gasteiger partial charge in [-0.1, -0.05) is 30.3 Å². The van der Waals surface area contributed by atoms with Crippen molar-refractivity contribution in [3.8, 4) is 11.1 Å². The van der Waals surface area contributed by atoms with Gasteiger partial charge in [-0.15, -0.1) is 0 Å². The molecule has 0 radical (unpaired) electrons. The Balaban J connectivity index is 1.82. The zero-order chi connectivity index (χ0) is 24.1. The Morgan fingerprint density at radius 2 is 1.79 bits per heavy atom. The number of carboxylic acid groups (broad SMARTS) is 1. The minimum absolute atomic E-state index is 0.0768. The lowest BCUT2D eigenvalue weighted by Gasteiger charge is -2.29. The summed E-state index contributed by atoms with van der Waals surface area (Å²) in [4.78, 5) is 20.5. The molecule has 0 bridgehead atoms. The molecule has 176 valence electrons. The number of rotatable bonds is 8. The zero-order valence-electron chi connectivity index (χ0n) is 19.4. The fourth-order valence-electron chi connectivity index (χ4n) is 4.01. The maximum Gasteiger partial charge on any atom is 0.354 e. The molecular weight excluding hydrogens is 430 g/mol. The Labute approximate surface area is 199 Å². The smallest absolute Gasteiger partial charge is 0.354 e. The van der Waals surface area contributed by atoms with Crippen molar-refractivity contribution in [2.24, 2.45) is 0 Å². The second-order valence-electron chi connectivity index (χ2n) is 8.44. The predicted octanol–water partition coefficient (Wildman–Crippen LogP) is 3.96. The van der Waals surface area contributed by atoms with E-state index in [1.165, 1.54) is 0 Å². The third-order valence-electron chi connectivity index (χ3n) is 5.61. The van der Waals surface area contributed by atoms with Gasteiger partial charge in [-0.05, 0) is 55.6 Å². The number of nitrogens with zero attached hydrogens (tertiary/aromatic N) is 3. The van der Waals surface area contributed by atoms with E-state index in [2.05, 4.69) is 15.2 Å². The fourth-order valence-corrected chi connectivity index (χ4v) is 4.01. The van der Waals surface area contributed by atoms with E-state index in [1.54, 1.807) is 6.07 Å². The van der Waals surface area contributed by atoms with Gasteiger partial charge in [0.1, 0.15) is 5.82 Å². The van der Waals surface area contributed by atoms with E-state index in [0.717, 1.165) is 30.0 Å². The molecule has 0 atom stereocenters. The van der Waals surface area contributed by atoms with Crippen molar-refractivity contribution in [1.29, 1.82) is 5.41 Å². The molecule has 1 aliphatic rings. The summed E-state index contributed by atoms with van der Waals surface area (Å²) in [5, 5.41) is 21.9. The van der Waals surface area contributed by atoms with Gasteiger partial charge in [0.2, 0.25) is 0 Å². The van der Waals surface area contributed by atoms with Crippen molar-refractivity contribution >= 4 is 28.9 Å². The monoisotopic (exact) mass is 459 g/mol. The number of para-hydroxylation sites is 1. The molecule has 0 aliphatic carbocycles. The van der Waals surface area contributed by atoms with Gasteiger partial charge < -0.3 is 30.4 Å². The summed E-state index contributed by atoms with van der Waals surface area (Å²) < 4.78 is 5.45. The van der Waals surface area contributed by atoms with Crippen LogP contribution < -0.4 is 10.2 Å². The minimum Gasteiger partial charge on any atom is -0.477 e. The lowest BCUT2D eigenvalue weighted by molar-refractivity contribution is 0.0690. The molecule has 34 heavy (non-hydrogen) atoms. The van der Waals surface area contributed by atoms with Crippen LogP contribution in [0.1, 0.15) is 16.1 Å². The van der Waals surface area contributed by atoms with E-state index < -0.39 is 5.97 Å². The summed E-state index contributed by atoms with van der Waals surface area (Å²) in [5.41, 5.74) is 4.20. The van der Waals surface area contributed by atoms with Crippen molar-refractivity contribution < 1.29 is 14.6 Å². The lowest BCUT2D eigenvalue weighted by Crippen LogP contribution is -2.36. The van der Waals surface area contributed by atoms with Gasteiger partial charge in [0.25, 0.3) is 0 Å². The van der Waals surface area contributed by atoms with Crippen LogP contribution in [0, 0.1) is 5.41 Å². The predicted molar refractivity (Wildman–Crippen MR) is 135 cm³/mol. The molecule has 4 rings (SSSR count). The highest BCUT2D eigenvalue weighted by atomic mass is 16.5. The zero-order valence-corrected chi connectivity index (χ0v) is 19.4. The maximum atomic E-state index is 11.9. The summed E-state index contributed by atoms with van der Waals surface area (Å²) in [5.74, 6) is -0.766. The summed E-state index contributed by atoms with van der Waals surface area (Å²) in [6, 6.07) is 19.0. The van der Waals surface area contributed by atoms with Crippen LogP contribution in [0.2, 0.25) is 0 Å². The SMILES string of the molecule is CN(C)CC(=N)c1c(-c2ccc(N3CCOCC3)cc2)cc(C(=O)O)nc1Nc1ccccc1. The van der Waals surface area contributed by atoms with E-state index in [4.69, 9.17) is 10.1 Å². The molecule has 0 amide bonds. The second kappa shape index (κ2) is 10.5. The van der Waals surface area contributed by atoms with E-state index in [-0.39, 0.29) is 5.69 Å². The first-order chi connectivity index (χ1) is 16.4. The number of pyridine rings is 1. The number of carboxylic acids is 1. The van der Waals surface area contributed by atoms with Crippen LogP contribution in [0.25, 0.3) is 11.1 Å². The standard InChI is InChI=1S/C26H29N5O3/c1-30(2)17-22(27)24-21(18-8-10-20(11-9-18)31-12-14-34-15-13-31)16-23(26(32)33)29-25(24)28-19-6-4-3-5-7-19/h3-11,16,27H,12-15,17H2,1-2H3,(H,28,29)(H,32,33). The number of aromatic carboxylic acids is 1. The van der Waals surface area contributed by atoms with Crippen LogP contribution in [0.4, 0.5) is 17.2 Å². The molecule has 2 aromatic carbocycles. The van der Waals surface area contributed by atoms with Crippen LogP contribution in [0.5, 0.6) is 0 Å². The number of hydrogen-bond donors (Lipinski definition) is 3. The van der Waals surface area contributed by atoms with Gasteiger partial charge in [-0.25, -0.2) is 9.78 Å². The molecule has 1 aliphatic heterocycles.